The number of carbonyl (C=O) groups excluding carboxylic acids is 1. The lowest BCUT2D eigenvalue weighted by Gasteiger charge is -2.33. The Morgan fingerprint density at radius 2 is 2.19 bits per heavy atom. The first-order chi connectivity index (χ1) is 14.9. The van der Waals surface area contributed by atoms with Crippen molar-refractivity contribution in [1.29, 1.82) is 0 Å². The number of hydrogen-bond donors (Lipinski definition) is 1. The van der Waals surface area contributed by atoms with Crippen molar-refractivity contribution in [2.24, 2.45) is 5.92 Å². The Balaban J connectivity index is 1.45. The highest BCUT2D eigenvalue weighted by Gasteiger charge is 2.27. The smallest absolute Gasteiger partial charge is 0.255 e. The number of rotatable bonds is 5. The van der Waals surface area contributed by atoms with E-state index in [9.17, 15) is 9.18 Å². The summed E-state index contributed by atoms with van der Waals surface area (Å²) in [6, 6.07) is 6.28. The summed E-state index contributed by atoms with van der Waals surface area (Å²) in [5.41, 5.74) is 1.14. The molecule has 0 spiro atoms. The predicted octanol–water partition coefficient (Wildman–Crippen LogP) is 5.18. The Morgan fingerprint density at radius 1 is 1.35 bits per heavy atom. The van der Waals surface area contributed by atoms with Crippen LogP contribution in [0.1, 0.15) is 39.6 Å². The number of nitrogens with zero attached hydrogens (tertiary/aromatic N) is 4. The van der Waals surface area contributed by atoms with E-state index in [0.717, 1.165) is 35.0 Å². The maximum Gasteiger partial charge on any atom is 0.255 e. The number of anilines is 2. The third kappa shape index (κ3) is 5.19. The normalized spacial score (nSPS) is 16.4. The van der Waals surface area contributed by atoms with Crippen LogP contribution in [0.25, 0.3) is 0 Å². The molecule has 1 atom stereocenters. The number of thiazole rings is 1. The van der Waals surface area contributed by atoms with Gasteiger partial charge in [-0.2, -0.15) is 0 Å². The lowest BCUT2D eigenvalue weighted by Crippen LogP contribution is -2.40. The molecule has 0 aliphatic carbocycles. The number of aryl methyl sites for hydroxylation is 2. The number of halogens is 2. The first-order valence-electron chi connectivity index (χ1n) is 10.2. The molecule has 0 radical (unpaired) electrons. The zero-order valence-electron chi connectivity index (χ0n) is 17.4. The van der Waals surface area contributed by atoms with Gasteiger partial charge in [-0.3, -0.25) is 4.79 Å². The number of hydrogen-bond acceptors (Lipinski definition) is 6. The summed E-state index contributed by atoms with van der Waals surface area (Å²) < 4.78 is 13.8. The minimum Gasteiger partial charge on any atom is -0.338 e. The molecule has 3 heterocycles. The average molecular weight is 460 g/mol. The standard InChI is InChI=1S/C22H23ClFN5OS/c1-13-11-25-22(31-13)28-19-10-16(26-14(2)27-19)9-15-5-4-8-29(12-15)21(30)17-6-3-7-18(24)20(17)23/h3,6-7,10-11,15H,4-5,8-9,12H2,1-2H3,(H,25,26,27,28). The van der Waals surface area contributed by atoms with Crippen molar-refractivity contribution in [3.63, 3.8) is 0 Å². The number of piperidine rings is 1. The van der Waals surface area contributed by atoms with Crippen LogP contribution in [0.3, 0.4) is 0 Å². The van der Waals surface area contributed by atoms with Crippen LogP contribution in [0.2, 0.25) is 5.02 Å². The second-order valence-corrected chi connectivity index (χ2v) is 9.37. The molecule has 1 aliphatic heterocycles. The maximum atomic E-state index is 13.8. The zero-order chi connectivity index (χ0) is 22.0. The molecule has 1 aromatic carbocycles. The van der Waals surface area contributed by atoms with E-state index in [1.807, 2.05) is 26.1 Å². The molecule has 31 heavy (non-hydrogen) atoms. The van der Waals surface area contributed by atoms with Crippen molar-refractivity contribution in [2.45, 2.75) is 33.1 Å². The fraction of sp³-hybridized carbons (Fsp3) is 0.364. The van der Waals surface area contributed by atoms with Gasteiger partial charge in [-0.1, -0.05) is 17.7 Å². The summed E-state index contributed by atoms with van der Waals surface area (Å²) >= 11 is 7.59. The second-order valence-electron chi connectivity index (χ2n) is 7.76. The van der Waals surface area contributed by atoms with Crippen molar-refractivity contribution in [1.82, 2.24) is 19.9 Å². The van der Waals surface area contributed by atoms with Gasteiger partial charge in [0.15, 0.2) is 5.13 Å². The van der Waals surface area contributed by atoms with Crippen LogP contribution in [0.5, 0.6) is 0 Å². The van der Waals surface area contributed by atoms with Gasteiger partial charge in [0.25, 0.3) is 5.91 Å². The van der Waals surface area contributed by atoms with E-state index in [1.165, 1.54) is 12.1 Å². The van der Waals surface area contributed by atoms with Gasteiger partial charge in [-0.15, -0.1) is 11.3 Å². The average Bonchev–Trinajstić information content (AvgIpc) is 3.14. The minimum absolute atomic E-state index is 0.116. The highest BCUT2D eigenvalue weighted by molar-refractivity contribution is 7.15. The van der Waals surface area contributed by atoms with Crippen LogP contribution in [-0.2, 0) is 6.42 Å². The molecule has 1 saturated heterocycles. The molecule has 2 aromatic heterocycles. The number of benzene rings is 1. The Bertz CT molecular complexity index is 1110. The van der Waals surface area contributed by atoms with Gasteiger partial charge >= 0.3 is 0 Å². The van der Waals surface area contributed by atoms with Gasteiger partial charge in [0.1, 0.15) is 17.5 Å². The topological polar surface area (TPSA) is 71.0 Å². The molecule has 1 unspecified atom stereocenters. The molecule has 162 valence electrons. The Hall–Kier alpha value is -2.58. The van der Waals surface area contributed by atoms with Gasteiger partial charge in [0, 0.05) is 35.9 Å². The third-order valence-corrected chi connectivity index (χ3v) is 6.45. The molecule has 1 fully saturated rings. The third-order valence-electron chi connectivity index (χ3n) is 5.23. The van der Waals surface area contributed by atoms with Gasteiger partial charge in [0.2, 0.25) is 0 Å². The molecule has 6 nitrogen and oxygen atoms in total. The van der Waals surface area contributed by atoms with E-state index in [2.05, 4.69) is 20.3 Å². The Labute approximate surface area is 189 Å². The van der Waals surface area contributed by atoms with Gasteiger partial charge in [-0.05, 0) is 51.2 Å². The molecule has 1 amide bonds. The Kier molecular flexibility index (Phi) is 6.48. The van der Waals surface area contributed by atoms with Crippen LogP contribution in [0.15, 0.2) is 30.5 Å². The molecule has 0 saturated carbocycles. The fourth-order valence-corrected chi connectivity index (χ4v) is 4.75. The van der Waals surface area contributed by atoms with Crippen molar-refractivity contribution in [2.75, 3.05) is 18.4 Å². The van der Waals surface area contributed by atoms with Gasteiger partial charge < -0.3 is 10.2 Å². The van der Waals surface area contributed by atoms with E-state index in [4.69, 9.17) is 11.6 Å². The highest BCUT2D eigenvalue weighted by Crippen LogP contribution is 2.27. The number of nitrogens with one attached hydrogen (secondary N) is 1. The summed E-state index contributed by atoms with van der Waals surface area (Å²) in [5.74, 6) is 0.854. The van der Waals surface area contributed by atoms with Crippen LogP contribution in [0, 0.1) is 25.6 Å². The minimum atomic E-state index is -0.576. The molecular weight excluding hydrogens is 437 g/mol. The lowest BCUT2D eigenvalue weighted by atomic mass is 9.92. The lowest BCUT2D eigenvalue weighted by molar-refractivity contribution is 0.0672. The van der Waals surface area contributed by atoms with Crippen molar-refractivity contribution < 1.29 is 9.18 Å². The van der Waals surface area contributed by atoms with E-state index in [-0.39, 0.29) is 22.4 Å². The largest absolute Gasteiger partial charge is 0.338 e. The van der Waals surface area contributed by atoms with Crippen molar-refractivity contribution in [3.05, 3.63) is 63.3 Å². The van der Waals surface area contributed by atoms with Crippen LogP contribution < -0.4 is 5.32 Å². The maximum absolute atomic E-state index is 13.8. The number of likely N-dealkylation sites (tertiary alicyclic amines) is 1. The fourth-order valence-electron chi connectivity index (χ4n) is 3.87. The summed E-state index contributed by atoms with van der Waals surface area (Å²) in [7, 11) is 0. The quantitative estimate of drug-likeness (QED) is 0.569. The number of amides is 1. The molecule has 1 N–H and O–H groups in total. The molecule has 9 heteroatoms. The summed E-state index contributed by atoms with van der Waals surface area (Å²) in [4.78, 5) is 29.2. The molecule has 3 aromatic rings. The van der Waals surface area contributed by atoms with E-state index >= 15 is 0 Å². The van der Waals surface area contributed by atoms with E-state index < -0.39 is 5.82 Å². The Morgan fingerprint density at radius 3 is 2.97 bits per heavy atom. The monoisotopic (exact) mass is 459 g/mol. The molecule has 1 aliphatic rings. The predicted molar refractivity (Wildman–Crippen MR) is 121 cm³/mol. The molecule has 4 rings (SSSR count). The SMILES string of the molecule is Cc1nc(CC2CCCN(C(=O)c3cccc(F)c3Cl)C2)cc(Nc2ncc(C)s2)n1. The van der Waals surface area contributed by atoms with Gasteiger partial charge in [-0.25, -0.2) is 19.3 Å². The summed E-state index contributed by atoms with van der Waals surface area (Å²) in [5, 5.41) is 3.92. The highest BCUT2D eigenvalue weighted by atomic mass is 35.5. The zero-order valence-corrected chi connectivity index (χ0v) is 18.9. The van der Waals surface area contributed by atoms with Crippen molar-refractivity contribution in [3.8, 4) is 0 Å². The van der Waals surface area contributed by atoms with Crippen LogP contribution in [-0.4, -0.2) is 38.8 Å². The first kappa shape index (κ1) is 21.6. The number of aromatic nitrogens is 3. The summed E-state index contributed by atoms with van der Waals surface area (Å²) in [6.45, 7) is 5.10. The summed E-state index contributed by atoms with van der Waals surface area (Å²) in [6.07, 6.45) is 4.44. The molecule has 0 bridgehead atoms. The van der Waals surface area contributed by atoms with E-state index in [1.54, 1.807) is 22.3 Å². The second kappa shape index (κ2) is 9.28. The van der Waals surface area contributed by atoms with E-state index in [0.29, 0.717) is 24.7 Å². The van der Waals surface area contributed by atoms with Crippen LogP contribution >= 0.6 is 22.9 Å². The van der Waals surface area contributed by atoms with Crippen LogP contribution in [0.4, 0.5) is 15.3 Å². The molecular formula is C22H23ClFN5OS. The number of carbonyl (C=O) groups is 1. The first-order valence-corrected chi connectivity index (χ1v) is 11.4. The van der Waals surface area contributed by atoms with Gasteiger partial charge in [0.05, 0.1) is 10.6 Å². The van der Waals surface area contributed by atoms with Crippen molar-refractivity contribution >= 4 is 39.8 Å².